The Bertz CT molecular complexity index is 1650. The van der Waals surface area contributed by atoms with Gasteiger partial charge in [-0.25, -0.2) is 4.90 Å². The van der Waals surface area contributed by atoms with Crippen LogP contribution in [0, 0.1) is 18.8 Å². The highest BCUT2D eigenvalue weighted by Crippen LogP contribution is 2.58. The van der Waals surface area contributed by atoms with Crippen LogP contribution in [0.4, 0.5) is 5.69 Å². The molecule has 0 aromatic heterocycles. The number of fused-ring (bicyclic) bond motifs is 4. The highest BCUT2D eigenvalue weighted by atomic mass is 16.5. The van der Waals surface area contributed by atoms with Gasteiger partial charge in [-0.1, -0.05) is 90.5 Å². The zero-order chi connectivity index (χ0) is 25.5. The predicted octanol–water partition coefficient (Wildman–Crippen LogP) is 4.84. The number of anilines is 1. The molecule has 4 aromatic rings. The second kappa shape index (κ2) is 7.54. The van der Waals surface area contributed by atoms with Crippen LogP contribution in [0.2, 0.25) is 0 Å². The number of carbonyl (C=O) groups is 4. The number of carbonyl (C=O) groups excluding carboxylic acids is 4. The Morgan fingerprint density at radius 2 is 1.38 bits per heavy atom. The molecule has 2 amide bonds. The molecule has 3 aliphatic rings. The fourth-order valence-corrected chi connectivity index (χ4v) is 6.31. The van der Waals surface area contributed by atoms with Gasteiger partial charge in [0.25, 0.3) is 0 Å². The molecule has 2 saturated heterocycles. The molecule has 2 fully saturated rings. The Morgan fingerprint density at radius 1 is 0.730 bits per heavy atom. The predicted molar refractivity (Wildman–Crippen MR) is 136 cm³/mol. The second-order valence-corrected chi connectivity index (χ2v) is 9.91. The van der Waals surface area contributed by atoms with Crippen LogP contribution in [0.15, 0.2) is 91.0 Å². The fraction of sp³-hybridized carbons (Fsp3) is 0.161. The first-order valence-corrected chi connectivity index (χ1v) is 12.2. The number of hydrogen-bond donors (Lipinski definition) is 0. The molecule has 4 aromatic carbocycles. The first-order valence-electron chi connectivity index (χ1n) is 12.2. The van der Waals surface area contributed by atoms with Crippen molar-refractivity contribution in [3.05, 3.63) is 113 Å². The Morgan fingerprint density at radius 3 is 2.11 bits per heavy atom. The molecule has 7 rings (SSSR count). The summed E-state index contributed by atoms with van der Waals surface area (Å²) in [6.07, 6.45) is -0.927. The lowest BCUT2D eigenvalue weighted by atomic mass is 9.77. The lowest BCUT2D eigenvalue weighted by Gasteiger charge is -2.27. The van der Waals surface area contributed by atoms with Crippen molar-refractivity contribution >= 4 is 39.8 Å². The lowest BCUT2D eigenvalue weighted by molar-refractivity contribution is -0.127. The van der Waals surface area contributed by atoms with Crippen LogP contribution < -0.4 is 4.90 Å². The average Bonchev–Trinajstić information content (AvgIpc) is 3.48. The van der Waals surface area contributed by atoms with E-state index in [2.05, 4.69) is 0 Å². The number of Topliss-reactive ketones (excluding diaryl/α,β-unsaturated/α-hetero) is 2. The summed E-state index contributed by atoms with van der Waals surface area (Å²) in [6, 6.07) is 26.9. The molecule has 3 atom stereocenters. The van der Waals surface area contributed by atoms with Gasteiger partial charge in [0.05, 0.1) is 23.6 Å². The molecule has 180 valence electrons. The molecule has 0 radical (unpaired) electrons. The first kappa shape index (κ1) is 21.8. The highest BCUT2D eigenvalue weighted by molar-refractivity contribution is 6.37. The van der Waals surface area contributed by atoms with E-state index in [1.54, 1.807) is 36.4 Å². The summed E-state index contributed by atoms with van der Waals surface area (Å²) in [5.41, 5.74) is 0.406. The van der Waals surface area contributed by atoms with Gasteiger partial charge in [0, 0.05) is 16.5 Å². The summed E-state index contributed by atoms with van der Waals surface area (Å²) in [6.45, 7) is 1.91. The zero-order valence-electron chi connectivity index (χ0n) is 19.9. The largest absolute Gasteiger partial charge is 0.349 e. The van der Waals surface area contributed by atoms with E-state index in [1.807, 2.05) is 61.5 Å². The van der Waals surface area contributed by atoms with Crippen molar-refractivity contribution in [3.8, 4) is 0 Å². The fourth-order valence-electron chi connectivity index (χ4n) is 6.31. The average molecular weight is 488 g/mol. The van der Waals surface area contributed by atoms with Crippen molar-refractivity contribution in [3.63, 3.8) is 0 Å². The normalized spacial score (nSPS) is 23.8. The Kier molecular flexibility index (Phi) is 4.45. The maximum atomic E-state index is 14.2. The Balaban J connectivity index is 1.45. The minimum atomic E-state index is -2.07. The third kappa shape index (κ3) is 2.73. The number of amides is 2. The second-order valence-electron chi connectivity index (χ2n) is 9.91. The quantitative estimate of drug-likeness (QED) is 0.299. The minimum Gasteiger partial charge on any atom is -0.349 e. The number of ketones is 2. The van der Waals surface area contributed by atoms with Gasteiger partial charge < -0.3 is 4.74 Å². The number of benzene rings is 4. The maximum Gasteiger partial charge on any atom is 0.241 e. The van der Waals surface area contributed by atoms with E-state index < -0.39 is 46.9 Å². The van der Waals surface area contributed by atoms with E-state index in [0.717, 1.165) is 21.2 Å². The van der Waals surface area contributed by atoms with Crippen molar-refractivity contribution in [1.29, 1.82) is 0 Å². The van der Waals surface area contributed by atoms with E-state index in [0.29, 0.717) is 11.3 Å². The highest BCUT2D eigenvalue weighted by Gasteiger charge is 2.74. The first-order chi connectivity index (χ1) is 17.9. The van der Waals surface area contributed by atoms with Gasteiger partial charge >= 0.3 is 0 Å². The molecule has 2 heterocycles. The molecular formula is C31H21NO5. The third-order valence-corrected chi connectivity index (χ3v) is 7.90. The molecule has 1 aliphatic carbocycles. The molecule has 37 heavy (non-hydrogen) atoms. The summed E-state index contributed by atoms with van der Waals surface area (Å²) in [5.74, 6) is -4.45. The van der Waals surface area contributed by atoms with Crippen LogP contribution in [0.25, 0.3) is 10.8 Å². The van der Waals surface area contributed by atoms with Gasteiger partial charge in [0.2, 0.25) is 29.0 Å². The summed E-state index contributed by atoms with van der Waals surface area (Å²) < 4.78 is 6.37. The molecule has 0 bridgehead atoms. The van der Waals surface area contributed by atoms with Crippen molar-refractivity contribution in [2.75, 3.05) is 4.90 Å². The molecule has 0 unspecified atom stereocenters. The van der Waals surface area contributed by atoms with Crippen LogP contribution in [0.5, 0.6) is 0 Å². The van der Waals surface area contributed by atoms with E-state index in [4.69, 9.17) is 4.74 Å². The van der Waals surface area contributed by atoms with E-state index in [1.165, 1.54) is 0 Å². The number of hydrogen-bond acceptors (Lipinski definition) is 5. The number of rotatable bonds is 2. The standard InChI is InChI=1S/C31H21NO5/c1-17-8-6-11-19(16-17)26-24-25(31(37-26)27(33)21-13-4-5-14-22(21)28(31)34)30(36)32(29(24)35)23-15-7-10-18-9-2-3-12-20(18)23/h2-16,24-26H,1H3/t24-,25-,26-/m1/s1. The Labute approximate surface area is 212 Å². The van der Waals surface area contributed by atoms with Gasteiger partial charge in [-0.05, 0) is 23.9 Å². The molecule has 0 N–H and O–H groups in total. The molecule has 0 saturated carbocycles. The molecular weight excluding hydrogens is 466 g/mol. The molecule has 6 heteroatoms. The number of nitrogens with zero attached hydrogens (tertiary/aromatic N) is 1. The molecule has 2 aliphatic heterocycles. The van der Waals surface area contributed by atoms with Crippen molar-refractivity contribution in [2.45, 2.75) is 18.6 Å². The Hall–Kier alpha value is -4.42. The van der Waals surface area contributed by atoms with E-state index in [-0.39, 0.29) is 11.1 Å². The summed E-state index contributed by atoms with van der Waals surface area (Å²) in [4.78, 5) is 57.3. The van der Waals surface area contributed by atoms with E-state index >= 15 is 0 Å². The van der Waals surface area contributed by atoms with Gasteiger partial charge in [-0.15, -0.1) is 0 Å². The summed E-state index contributed by atoms with van der Waals surface area (Å²) in [7, 11) is 0. The number of ether oxygens (including phenoxy) is 1. The van der Waals surface area contributed by atoms with Crippen molar-refractivity contribution < 1.29 is 23.9 Å². The van der Waals surface area contributed by atoms with Crippen LogP contribution in [0.3, 0.4) is 0 Å². The monoisotopic (exact) mass is 487 g/mol. The third-order valence-electron chi connectivity index (χ3n) is 7.90. The number of aryl methyl sites for hydroxylation is 1. The van der Waals surface area contributed by atoms with E-state index in [9.17, 15) is 19.2 Å². The van der Waals surface area contributed by atoms with Crippen molar-refractivity contribution in [1.82, 2.24) is 0 Å². The zero-order valence-corrected chi connectivity index (χ0v) is 19.9. The smallest absolute Gasteiger partial charge is 0.241 e. The van der Waals surface area contributed by atoms with Crippen LogP contribution in [-0.4, -0.2) is 29.0 Å². The number of imide groups is 1. The van der Waals surface area contributed by atoms with Gasteiger partial charge in [0.1, 0.15) is 0 Å². The molecule has 6 nitrogen and oxygen atoms in total. The maximum absolute atomic E-state index is 14.2. The summed E-state index contributed by atoms with van der Waals surface area (Å²) in [5, 5.41) is 1.61. The van der Waals surface area contributed by atoms with Crippen molar-refractivity contribution in [2.24, 2.45) is 11.8 Å². The van der Waals surface area contributed by atoms with Gasteiger partial charge in [-0.2, -0.15) is 0 Å². The lowest BCUT2D eigenvalue weighted by Crippen LogP contribution is -2.51. The van der Waals surface area contributed by atoms with Gasteiger partial charge in [-0.3, -0.25) is 19.2 Å². The SMILES string of the molecule is Cc1cccc([C@H]2OC3(C(=O)c4ccccc4C3=O)[C@H]3C(=O)N(c4cccc5ccccc45)C(=O)[C@@H]23)c1. The minimum absolute atomic E-state index is 0.222. The molecule has 1 spiro atoms. The van der Waals surface area contributed by atoms with Gasteiger partial charge in [0.15, 0.2) is 0 Å². The van der Waals surface area contributed by atoms with Crippen LogP contribution in [-0.2, 0) is 14.3 Å². The topological polar surface area (TPSA) is 80.8 Å². The van der Waals surface area contributed by atoms with Crippen LogP contribution in [0.1, 0.15) is 37.9 Å². The van der Waals surface area contributed by atoms with Crippen LogP contribution >= 0.6 is 0 Å². The summed E-state index contributed by atoms with van der Waals surface area (Å²) >= 11 is 0.